The van der Waals surface area contributed by atoms with Gasteiger partial charge in [-0.05, 0) is 74.4 Å². The van der Waals surface area contributed by atoms with Crippen LogP contribution in [-0.2, 0) is 6.61 Å². The van der Waals surface area contributed by atoms with Crippen molar-refractivity contribution in [2.75, 3.05) is 7.11 Å². The van der Waals surface area contributed by atoms with Crippen LogP contribution >= 0.6 is 38.5 Å². The van der Waals surface area contributed by atoms with Gasteiger partial charge < -0.3 is 9.47 Å². The Kier molecular flexibility index (Phi) is 4.88. The van der Waals surface area contributed by atoms with Crippen molar-refractivity contribution in [3.63, 3.8) is 0 Å². The third-order valence-electron chi connectivity index (χ3n) is 2.42. The number of methoxy groups -OCH3 is 1. The lowest BCUT2D eigenvalue weighted by molar-refractivity contribution is 0.305. The first-order valence-electron chi connectivity index (χ1n) is 5.40. The highest BCUT2D eigenvalue weighted by molar-refractivity contribution is 14.1. The molecular formula is C14H12BrIO2. The zero-order chi connectivity index (χ0) is 13.0. The standard InChI is InChI=1S/C14H12BrIO2/c1-17-14-6-5-10(7-13(14)15)9-18-12-4-2-3-11(16)8-12/h2-8H,9H2,1H3. The minimum Gasteiger partial charge on any atom is -0.496 e. The zero-order valence-electron chi connectivity index (χ0n) is 9.82. The Hall–Kier alpha value is -0.750. The van der Waals surface area contributed by atoms with Gasteiger partial charge in [0, 0.05) is 3.57 Å². The molecule has 94 valence electrons. The summed E-state index contributed by atoms with van der Waals surface area (Å²) in [4.78, 5) is 0. The lowest BCUT2D eigenvalue weighted by atomic mass is 10.2. The fourth-order valence-corrected chi connectivity index (χ4v) is 2.63. The highest BCUT2D eigenvalue weighted by Gasteiger charge is 2.02. The summed E-state index contributed by atoms with van der Waals surface area (Å²) in [6.45, 7) is 0.544. The third kappa shape index (κ3) is 3.62. The van der Waals surface area contributed by atoms with Crippen LogP contribution in [0.3, 0.4) is 0 Å². The molecule has 2 aromatic carbocycles. The van der Waals surface area contributed by atoms with Gasteiger partial charge in [0.05, 0.1) is 11.6 Å². The Balaban J connectivity index is 2.04. The van der Waals surface area contributed by atoms with Crippen molar-refractivity contribution in [3.05, 3.63) is 56.1 Å². The Labute approximate surface area is 129 Å². The first-order chi connectivity index (χ1) is 8.69. The molecule has 4 heteroatoms. The minimum atomic E-state index is 0.544. The SMILES string of the molecule is COc1ccc(COc2cccc(I)c2)cc1Br. The van der Waals surface area contributed by atoms with Crippen molar-refractivity contribution in [2.45, 2.75) is 6.61 Å². The molecule has 0 heterocycles. The molecule has 2 aromatic rings. The Morgan fingerprint density at radius 1 is 1.17 bits per heavy atom. The predicted octanol–water partition coefficient (Wildman–Crippen LogP) is 4.64. The molecule has 18 heavy (non-hydrogen) atoms. The Bertz CT molecular complexity index is 543. The number of ether oxygens (including phenoxy) is 2. The number of hydrogen-bond donors (Lipinski definition) is 0. The Morgan fingerprint density at radius 2 is 2.00 bits per heavy atom. The van der Waals surface area contributed by atoms with Crippen LogP contribution in [0.4, 0.5) is 0 Å². The second kappa shape index (κ2) is 6.43. The van der Waals surface area contributed by atoms with Crippen molar-refractivity contribution in [3.8, 4) is 11.5 Å². The fraction of sp³-hybridized carbons (Fsp3) is 0.143. The van der Waals surface area contributed by atoms with E-state index in [9.17, 15) is 0 Å². The lowest BCUT2D eigenvalue weighted by Gasteiger charge is -2.08. The van der Waals surface area contributed by atoms with Crippen molar-refractivity contribution in [2.24, 2.45) is 0 Å². The van der Waals surface area contributed by atoms with Crippen molar-refractivity contribution >= 4 is 38.5 Å². The van der Waals surface area contributed by atoms with Crippen LogP contribution in [0, 0.1) is 3.57 Å². The van der Waals surface area contributed by atoms with E-state index in [-0.39, 0.29) is 0 Å². The van der Waals surface area contributed by atoms with E-state index < -0.39 is 0 Å². The van der Waals surface area contributed by atoms with E-state index in [1.165, 1.54) is 3.57 Å². The van der Waals surface area contributed by atoms with E-state index in [2.05, 4.69) is 38.5 Å². The summed E-state index contributed by atoms with van der Waals surface area (Å²) >= 11 is 5.73. The minimum absolute atomic E-state index is 0.544. The molecule has 0 aliphatic rings. The number of hydrogen-bond acceptors (Lipinski definition) is 2. The van der Waals surface area contributed by atoms with Gasteiger partial charge in [-0.25, -0.2) is 0 Å². The highest BCUT2D eigenvalue weighted by Crippen LogP contribution is 2.26. The molecule has 2 nitrogen and oxygen atoms in total. The van der Waals surface area contributed by atoms with Gasteiger partial charge in [-0.15, -0.1) is 0 Å². The average molecular weight is 419 g/mol. The van der Waals surface area contributed by atoms with E-state index >= 15 is 0 Å². The Morgan fingerprint density at radius 3 is 2.67 bits per heavy atom. The first-order valence-corrected chi connectivity index (χ1v) is 7.27. The van der Waals surface area contributed by atoms with E-state index in [4.69, 9.17) is 9.47 Å². The van der Waals surface area contributed by atoms with Crippen molar-refractivity contribution in [1.82, 2.24) is 0 Å². The quantitative estimate of drug-likeness (QED) is 0.673. The van der Waals surface area contributed by atoms with Crippen LogP contribution < -0.4 is 9.47 Å². The van der Waals surface area contributed by atoms with E-state index in [1.807, 2.05) is 42.5 Å². The molecule has 0 bridgehead atoms. The second-order valence-corrected chi connectivity index (χ2v) is 5.81. The predicted molar refractivity (Wildman–Crippen MR) is 84.2 cm³/mol. The van der Waals surface area contributed by atoms with Gasteiger partial charge in [-0.3, -0.25) is 0 Å². The van der Waals surface area contributed by atoms with Crippen LogP contribution in [0.15, 0.2) is 46.9 Å². The first kappa shape index (κ1) is 13.7. The van der Waals surface area contributed by atoms with Gasteiger partial charge >= 0.3 is 0 Å². The molecule has 0 fully saturated rings. The summed E-state index contributed by atoms with van der Waals surface area (Å²) in [6, 6.07) is 13.9. The van der Waals surface area contributed by atoms with Crippen LogP contribution in [0.1, 0.15) is 5.56 Å². The number of halogens is 2. The van der Waals surface area contributed by atoms with Crippen LogP contribution in [0.2, 0.25) is 0 Å². The molecule has 0 amide bonds. The third-order valence-corrected chi connectivity index (χ3v) is 3.71. The molecule has 0 N–H and O–H groups in total. The average Bonchev–Trinajstić information content (AvgIpc) is 2.37. The highest BCUT2D eigenvalue weighted by atomic mass is 127. The molecule has 0 saturated heterocycles. The van der Waals surface area contributed by atoms with Crippen LogP contribution in [0.5, 0.6) is 11.5 Å². The fourth-order valence-electron chi connectivity index (χ4n) is 1.52. The molecule has 0 atom stereocenters. The van der Waals surface area contributed by atoms with Crippen LogP contribution in [-0.4, -0.2) is 7.11 Å². The molecule has 0 spiro atoms. The maximum Gasteiger partial charge on any atom is 0.133 e. The normalized spacial score (nSPS) is 10.2. The van der Waals surface area contributed by atoms with Crippen LogP contribution in [0.25, 0.3) is 0 Å². The van der Waals surface area contributed by atoms with E-state index in [0.717, 1.165) is 21.5 Å². The van der Waals surface area contributed by atoms with E-state index in [0.29, 0.717) is 6.61 Å². The smallest absolute Gasteiger partial charge is 0.133 e. The summed E-state index contributed by atoms with van der Waals surface area (Å²) in [6.07, 6.45) is 0. The topological polar surface area (TPSA) is 18.5 Å². The largest absolute Gasteiger partial charge is 0.496 e. The maximum atomic E-state index is 5.73. The molecule has 2 rings (SSSR count). The molecule has 0 aliphatic carbocycles. The molecule has 0 unspecified atom stereocenters. The summed E-state index contributed by atoms with van der Waals surface area (Å²) in [5.74, 6) is 1.71. The summed E-state index contributed by atoms with van der Waals surface area (Å²) < 4.78 is 13.0. The second-order valence-electron chi connectivity index (χ2n) is 3.71. The summed E-state index contributed by atoms with van der Waals surface area (Å²) in [5, 5.41) is 0. The van der Waals surface area contributed by atoms with E-state index in [1.54, 1.807) is 7.11 Å². The maximum absolute atomic E-state index is 5.73. The van der Waals surface area contributed by atoms with Gasteiger partial charge in [0.1, 0.15) is 18.1 Å². The van der Waals surface area contributed by atoms with Crippen molar-refractivity contribution < 1.29 is 9.47 Å². The van der Waals surface area contributed by atoms with Crippen molar-refractivity contribution in [1.29, 1.82) is 0 Å². The van der Waals surface area contributed by atoms with Gasteiger partial charge in [0.2, 0.25) is 0 Å². The molecular weight excluding hydrogens is 407 g/mol. The number of rotatable bonds is 4. The molecule has 0 aliphatic heterocycles. The van der Waals surface area contributed by atoms with Gasteiger partial charge in [0.15, 0.2) is 0 Å². The summed E-state index contributed by atoms with van der Waals surface area (Å²) in [5.41, 5.74) is 1.10. The van der Waals surface area contributed by atoms with Gasteiger partial charge in [-0.2, -0.15) is 0 Å². The summed E-state index contributed by atoms with van der Waals surface area (Å²) in [7, 11) is 1.65. The van der Waals surface area contributed by atoms with Gasteiger partial charge in [-0.1, -0.05) is 12.1 Å². The zero-order valence-corrected chi connectivity index (χ0v) is 13.6. The number of benzene rings is 2. The van der Waals surface area contributed by atoms with Gasteiger partial charge in [0.25, 0.3) is 0 Å². The molecule has 0 aromatic heterocycles. The lowest BCUT2D eigenvalue weighted by Crippen LogP contribution is -1.96. The molecule has 0 radical (unpaired) electrons. The molecule has 0 saturated carbocycles. The monoisotopic (exact) mass is 418 g/mol.